The number of aromatic nitrogens is 3. The normalized spacial score (nSPS) is 17.6. The number of alkyl halides is 4. The van der Waals surface area contributed by atoms with Crippen molar-refractivity contribution >= 4 is 11.0 Å². The molecule has 146 valence electrons. The van der Waals surface area contributed by atoms with Crippen LogP contribution in [0.2, 0.25) is 0 Å². The molecular weight excluding hydrogens is 378 g/mol. The quantitative estimate of drug-likeness (QED) is 0.568. The third-order valence-electron chi connectivity index (χ3n) is 5.04. The van der Waals surface area contributed by atoms with E-state index in [0.29, 0.717) is 22.6 Å². The van der Waals surface area contributed by atoms with Crippen LogP contribution in [0.1, 0.15) is 43.4 Å². The Morgan fingerprint density at radius 1 is 1.18 bits per heavy atom. The lowest BCUT2D eigenvalue weighted by atomic mass is 10.1. The van der Waals surface area contributed by atoms with Crippen molar-refractivity contribution in [2.24, 2.45) is 0 Å². The van der Waals surface area contributed by atoms with Crippen molar-refractivity contribution < 1.29 is 27.0 Å². The second-order valence-corrected chi connectivity index (χ2v) is 6.94. The number of hydrogen-bond donors (Lipinski definition) is 0. The molecule has 5 rings (SSSR count). The van der Waals surface area contributed by atoms with E-state index in [2.05, 4.69) is 19.4 Å². The molecule has 0 bridgehead atoms. The van der Waals surface area contributed by atoms with Crippen molar-refractivity contribution in [1.29, 1.82) is 0 Å². The van der Waals surface area contributed by atoms with Crippen molar-refractivity contribution in [3.63, 3.8) is 0 Å². The predicted molar refractivity (Wildman–Crippen MR) is 91.8 cm³/mol. The van der Waals surface area contributed by atoms with Crippen LogP contribution in [0.15, 0.2) is 24.4 Å². The molecule has 3 heterocycles. The first kappa shape index (κ1) is 17.3. The van der Waals surface area contributed by atoms with E-state index in [9.17, 15) is 17.6 Å². The highest BCUT2D eigenvalue weighted by atomic mass is 19.3. The van der Waals surface area contributed by atoms with Gasteiger partial charge in [0.2, 0.25) is 0 Å². The van der Waals surface area contributed by atoms with E-state index in [0.717, 1.165) is 30.0 Å². The Labute approximate surface area is 156 Å². The molecule has 1 aromatic carbocycles. The van der Waals surface area contributed by atoms with Gasteiger partial charge in [0, 0.05) is 18.3 Å². The van der Waals surface area contributed by atoms with Gasteiger partial charge in [0.15, 0.2) is 17.3 Å². The molecule has 2 aromatic heterocycles. The van der Waals surface area contributed by atoms with E-state index in [4.69, 9.17) is 0 Å². The van der Waals surface area contributed by atoms with Crippen LogP contribution in [-0.4, -0.2) is 20.8 Å². The minimum atomic E-state index is -3.82. The van der Waals surface area contributed by atoms with E-state index in [1.807, 2.05) is 13.0 Å². The molecule has 9 heteroatoms. The summed E-state index contributed by atoms with van der Waals surface area (Å²) in [6, 6.07) is 4.26. The highest BCUT2D eigenvalue weighted by molar-refractivity contribution is 5.84. The van der Waals surface area contributed by atoms with E-state index >= 15 is 0 Å². The summed E-state index contributed by atoms with van der Waals surface area (Å²) >= 11 is 0. The number of aryl methyl sites for hydroxylation is 1. The Morgan fingerprint density at radius 2 is 1.89 bits per heavy atom. The van der Waals surface area contributed by atoms with Gasteiger partial charge < -0.3 is 9.47 Å². The standard InChI is InChI=1S/C19H15F4N3O2/c1-2-9-5-11(10-3-4-10)8-24-16(9)17-25-12-6-14-15(28-19(22,23)27-14)7-13(12)26(17)18(20)21/h5-8,10,18H,2-4H2,1H3. The fourth-order valence-electron chi connectivity index (χ4n) is 3.54. The van der Waals surface area contributed by atoms with Crippen LogP contribution in [0.4, 0.5) is 17.6 Å². The summed E-state index contributed by atoms with van der Waals surface area (Å²) in [5, 5.41) is 0. The summed E-state index contributed by atoms with van der Waals surface area (Å²) < 4.78 is 63.8. The highest BCUT2D eigenvalue weighted by Crippen LogP contribution is 2.45. The van der Waals surface area contributed by atoms with Crippen LogP contribution in [0.5, 0.6) is 11.5 Å². The lowest BCUT2D eigenvalue weighted by molar-refractivity contribution is -0.286. The first-order chi connectivity index (χ1) is 13.4. The van der Waals surface area contributed by atoms with Crippen molar-refractivity contribution in [2.45, 2.75) is 44.9 Å². The molecule has 0 N–H and O–H groups in total. The molecule has 0 unspecified atom stereocenters. The number of rotatable bonds is 4. The number of nitrogens with zero attached hydrogens (tertiary/aromatic N) is 3. The topological polar surface area (TPSA) is 49.2 Å². The van der Waals surface area contributed by atoms with Crippen molar-refractivity contribution in [1.82, 2.24) is 14.5 Å². The maximum atomic E-state index is 13.9. The smallest absolute Gasteiger partial charge is 0.395 e. The van der Waals surface area contributed by atoms with Gasteiger partial charge in [-0.2, -0.15) is 8.78 Å². The van der Waals surface area contributed by atoms with Gasteiger partial charge in [-0.1, -0.05) is 13.0 Å². The molecule has 3 aromatic rings. The van der Waals surface area contributed by atoms with Crippen LogP contribution in [0, 0.1) is 0 Å². The third-order valence-corrected chi connectivity index (χ3v) is 5.04. The van der Waals surface area contributed by atoms with E-state index in [-0.39, 0.29) is 28.4 Å². The maximum Gasteiger partial charge on any atom is 0.586 e. The Morgan fingerprint density at radius 3 is 2.54 bits per heavy atom. The zero-order chi connectivity index (χ0) is 19.6. The number of fused-ring (bicyclic) bond motifs is 2. The van der Waals surface area contributed by atoms with Gasteiger partial charge in [-0.25, -0.2) is 4.98 Å². The molecular formula is C19H15F4N3O2. The van der Waals surface area contributed by atoms with Crippen LogP contribution in [0.3, 0.4) is 0 Å². The van der Waals surface area contributed by atoms with E-state index in [1.54, 1.807) is 6.20 Å². The molecule has 2 aliphatic rings. The van der Waals surface area contributed by atoms with E-state index in [1.165, 1.54) is 6.07 Å². The second-order valence-electron chi connectivity index (χ2n) is 6.94. The zero-order valence-corrected chi connectivity index (χ0v) is 14.8. The number of ether oxygens (including phenoxy) is 2. The summed E-state index contributed by atoms with van der Waals surface area (Å²) in [4.78, 5) is 8.69. The van der Waals surface area contributed by atoms with Crippen LogP contribution in [-0.2, 0) is 6.42 Å². The van der Waals surface area contributed by atoms with Crippen molar-refractivity contribution in [3.8, 4) is 23.0 Å². The number of imidazole rings is 1. The minimum Gasteiger partial charge on any atom is -0.395 e. The third kappa shape index (κ3) is 2.68. The number of halogens is 4. The second kappa shape index (κ2) is 5.83. The van der Waals surface area contributed by atoms with Crippen molar-refractivity contribution in [2.75, 3.05) is 0 Å². The number of benzene rings is 1. The summed E-state index contributed by atoms with van der Waals surface area (Å²) in [7, 11) is 0. The summed E-state index contributed by atoms with van der Waals surface area (Å²) in [5.41, 5.74) is 2.35. The monoisotopic (exact) mass is 393 g/mol. The molecule has 28 heavy (non-hydrogen) atoms. The number of hydrogen-bond acceptors (Lipinski definition) is 4. The van der Waals surface area contributed by atoms with Gasteiger partial charge in [-0.3, -0.25) is 9.55 Å². The van der Waals surface area contributed by atoms with Crippen LogP contribution in [0.25, 0.3) is 22.6 Å². The average molecular weight is 393 g/mol. The molecule has 0 atom stereocenters. The average Bonchev–Trinajstić information content (AvgIpc) is 3.35. The zero-order valence-electron chi connectivity index (χ0n) is 14.8. The Bertz CT molecular complexity index is 1090. The first-order valence-corrected chi connectivity index (χ1v) is 8.95. The van der Waals surface area contributed by atoms with Gasteiger partial charge in [-0.15, -0.1) is 8.78 Å². The molecule has 0 amide bonds. The van der Waals surface area contributed by atoms with Crippen LogP contribution >= 0.6 is 0 Å². The van der Waals surface area contributed by atoms with Crippen LogP contribution < -0.4 is 9.47 Å². The number of pyridine rings is 1. The Kier molecular flexibility index (Phi) is 3.59. The molecule has 1 aliphatic carbocycles. The van der Waals surface area contributed by atoms with Gasteiger partial charge in [0.25, 0.3) is 0 Å². The maximum absolute atomic E-state index is 13.9. The molecule has 5 nitrogen and oxygen atoms in total. The van der Waals surface area contributed by atoms with Gasteiger partial charge in [0.1, 0.15) is 5.69 Å². The largest absolute Gasteiger partial charge is 0.586 e. The van der Waals surface area contributed by atoms with Gasteiger partial charge >= 0.3 is 12.8 Å². The highest BCUT2D eigenvalue weighted by Gasteiger charge is 2.44. The van der Waals surface area contributed by atoms with Crippen molar-refractivity contribution in [3.05, 3.63) is 35.5 Å². The predicted octanol–water partition coefficient (Wildman–Crippen LogP) is 5.25. The lowest BCUT2D eigenvalue weighted by Crippen LogP contribution is -2.25. The lowest BCUT2D eigenvalue weighted by Gasteiger charge is -2.11. The molecule has 1 aliphatic heterocycles. The summed E-state index contributed by atoms with van der Waals surface area (Å²) in [6.45, 7) is -1.01. The Balaban J connectivity index is 1.69. The molecule has 1 saturated carbocycles. The molecule has 0 saturated heterocycles. The molecule has 0 radical (unpaired) electrons. The summed E-state index contributed by atoms with van der Waals surface area (Å²) in [6.07, 6.45) is 0.694. The van der Waals surface area contributed by atoms with Gasteiger partial charge in [-0.05, 0) is 36.3 Å². The fraction of sp³-hybridized carbons (Fsp3) is 0.368. The fourth-order valence-corrected chi connectivity index (χ4v) is 3.54. The molecule has 0 spiro atoms. The Hall–Kier alpha value is -2.84. The molecule has 1 fully saturated rings. The van der Waals surface area contributed by atoms with E-state index < -0.39 is 12.8 Å². The van der Waals surface area contributed by atoms with Gasteiger partial charge in [0.05, 0.1) is 11.0 Å². The SMILES string of the molecule is CCc1cc(C2CC2)cnc1-c1nc2cc3c(cc2n1C(F)F)OC(F)(F)O3. The first-order valence-electron chi connectivity index (χ1n) is 8.95. The minimum absolute atomic E-state index is 0.0142. The summed E-state index contributed by atoms with van der Waals surface area (Å²) in [5.74, 6) is -0.0753.